The fraction of sp³-hybridized carbons (Fsp3) is 0.682. The van der Waals surface area contributed by atoms with Gasteiger partial charge in [0.05, 0.1) is 0 Å². The minimum atomic E-state index is -0.956. The standard InChI is InChI=1S/C22H28O2/c1-5-22(24)11-9-19-20-14(3)13(2)18-12-15(23)6-7-16(18)17(20)8-10-21(19,22)4/h1,12,14,16-17,19-20,24H,2,6-11H2,3-4H3/t14-,16?,17?,19?,20?,21+,22+/m1/s1. The van der Waals surface area contributed by atoms with Crippen molar-refractivity contribution in [2.75, 3.05) is 0 Å². The van der Waals surface area contributed by atoms with E-state index >= 15 is 0 Å². The molecule has 0 aromatic rings. The van der Waals surface area contributed by atoms with Gasteiger partial charge in [-0.25, -0.2) is 0 Å². The summed E-state index contributed by atoms with van der Waals surface area (Å²) in [6.45, 7) is 8.86. The summed E-state index contributed by atoms with van der Waals surface area (Å²) in [5.41, 5.74) is 1.26. The van der Waals surface area contributed by atoms with E-state index in [1.54, 1.807) is 0 Å². The second-order valence-electron chi connectivity index (χ2n) is 8.87. The zero-order chi connectivity index (χ0) is 17.3. The SMILES string of the molecule is C#C[C@]1(O)CCC2C3C(CC[C@@]21C)C1CCC(=O)C=C1C(=C)[C@H]3C. The van der Waals surface area contributed by atoms with Crippen LogP contribution in [0.5, 0.6) is 0 Å². The van der Waals surface area contributed by atoms with E-state index in [0.717, 1.165) is 37.7 Å². The van der Waals surface area contributed by atoms with Crippen LogP contribution in [0.25, 0.3) is 0 Å². The topological polar surface area (TPSA) is 37.3 Å². The molecule has 0 aliphatic heterocycles. The van der Waals surface area contributed by atoms with Crippen LogP contribution < -0.4 is 0 Å². The summed E-state index contributed by atoms with van der Waals surface area (Å²) in [4.78, 5) is 11.9. The Kier molecular flexibility index (Phi) is 3.42. The van der Waals surface area contributed by atoms with Gasteiger partial charge < -0.3 is 5.11 Å². The van der Waals surface area contributed by atoms with E-state index in [1.807, 2.05) is 6.08 Å². The summed E-state index contributed by atoms with van der Waals surface area (Å²) >= 11 is 0. The highest BCUT2D eigenvalue weighted by atomic mass is 16.3. The molecular formula is C22H28O2. The lowest BCUT2D eigenvalue weighted by Gasteiger charge is -2.57. The van der Waals surface area contributed by atoms with Gasteiger partial charge in [0.15, 0.2) is 5.78 Å². The Morgan fingerprint density at radius 2 is 2.08 bits per heavy atom. The highest BCUT2D eigenvalue weighted by Crippen LogP contribution is 2.66. The molecule has 0 amide bonds. The first-order valence-electron chi connectivity index (χ1n) is 9.46. The maximum atomic E-state index is 11.9. The van der Waals surface area contributed by atoms with Crippen LogP contribution in [-0.2, 0) is 4.79 Å². The number of aliphatic hydroxyl groups is 1. The van der Waals surface area contributed by atoms with Crippen molar-refractivity contribution in [3.63, 3.8) is 0 Å². The molecule has 4 aliphatic rings. The Morgan fingerprint density at radius 3 is 2.79 bits per heavy atom. The third kappa shape index (κ3) is 1.85. The number of hydrogen-bond acceptors (Lipinski definition) is 2. The van der Waals surface area contributed by atoms with Crippen molar-refractivity contribution in [1.82, 2.24) is 0 Å². The second-order valence-corrected chi connectivity index (χ2v) is 8.87. The smallest absolute Gasteiger partial charge is 0.156 e. The van der Waals surface area contributed by atoms with E-state index in [1.165, 1.54) is 5.57 Å². The third-order valence-electron chi connectivity index (χ3n) is 8.21. The molecular weight excluding hydrogens is 296 g/mol. The van der Waals surface area contributed by atoms with Crippen LogP contribution in [0.4, 0.5) is 0 Å². The molecule has 4 aliphatic carbocycles. The fourth-order valence-corrected chi connectivity index (χ4v) is 6.74. The number of carbonyl (C=O) groups is 1. The molecule has 0 aromatic heterocycles. The van der Waals surface area contributed by atoms with Crippen molar-refractivity contribution < 1.29 is 9.90 Å². The van der Waals surface area contributed by atoms with Gasteiger partial charge in [-0.2, -0.15) is 0 Å². The molecule has 3 saturated carbocycles. The quantitative estimate of drug-likeness (QED) is 0.686. The van der Waals surface area contributed by atoms with Crippen LogP contribution in [0.15, 0.2) is 23.8 Å². The Labute approximate surface area is 145 Å². The Balaban J connectivity index is 1.75. The summed E-state index contributed by atoms with van der Waals surface area (Å²) in [7, 11) is 0. The molecule has 3 fully saturated rings. The third-order valence-corrected chi connectivity index (χ3v) is 8.21. The first-order chi connectivity index (χ1) is 11.3. The van der Waals surface area contributed by atoms with Crippen molar-refractivity contribution in [3.8, 4) is 12.3 Å². The van der Waals surface area contributed by atoms with Gasteiger partial charge in [-0.3, -0.25) is 4.79 Å². The molecule has 0 bridgehead atoms. The second kappa shape index (κ2) is 5.09. The largest absolute Gasteiger partial charge is 0.377 e. The van der Waals surface area contributed by atoms with Crippen molar-refractivity contribution >= 4 is 5.78 Å². The molecule has 0 radical (unpaired) electrons. The lowest BCUT2D eigenvalue weighted by atomic mass is 9.47. The number of fused-ring (bicyclic) bond motifs is 5. The van der Waals surface area contributed by atoms with Crippen molar-refractivity contribution in [1.29, 1.82) is 0 Å². The van der Waals surface area contributed by atoms with E-state index in [-0.39, 0.29) is 11.2 Å². The molecule has 0 aromatic carbocycles. The van der Waals surface area contributed by atoms with Crippen molar-refractivity contribution in [2.24, 2.45) is 35.0 Å². The van der Waals surface area contributed by atoms with Gasteiger partial charge in [0.25, 0.3) is 0 Å². The molecule has 24 heavy (non-hydrogen) atoms. The highest BCUT2D eigenvalue weighted by Gasteiger charge is 2.63. The van der Waals surface area contributed by atoms with Gasteiger partial charge >= 0.3 is 0 Å². The Morgan fingerprint density at radius 1 is 1.33 bits per heavy atom. The zero-order valence-electron chi connectivity index (χ0n) is 14.8. The number of carbonyl (C=O) groups excluding carboxylic acids is 1. The first kappa shape index (κ1) is 16.2. The van der Waals surface area contributed by atoms with Crippen LogP contribution >= 0.6 is 0 Å². The van der Waals surface area contributed by atoms with E-state index in [0.29, 0.717) is 36.0 Å². The Bertz CT molecular complexity index is 681. The molecule has 0 spiro atoms. The van der Waals surface area contributed by atoms with Gasteiger partial charge in [0.2, 0.25) is 0 Å². The van der Waals surface area contributed by atoms with E-state index in [2.05, 4.69) is 26.3 Å². The maximum absolute atomic E-state index is 11.9. The number of rotatable bonds is 0. The molecule has 0 heterocycles. The lowest BCUT2D eigenvalue weighted by molar-refractivity contribution is -0.116. The fourth-order valence-electron chi connectivity index (χ4n) is 6.74. The van der Waals surface area contributed by atoms with E-state index in [4.69, 9.17) is 6.42 Å². The summed E-state index contributed by atoms with van der Waals surface area (Å²) in [5, 5.41) is 11.0. The average molecular weight is 324 g/mol. The molecule has 2 heteroatoms. The summed E-state index contributed by atoms with van der Waals surface area (Å²) in [6, 6.07) is 0. The zero-order valence-corrected chi connectivity index (χ0v) is 14.8. The molecule has 1 N–H and O–H groups in total. The van der Waals surface area contributed by atoms with Crippen LogP contribution in [-0.4, -0.2) is 16.5 Å². The highest BCUT2D eigenvalue weighted by molar-refractivity contribution is 5.92. The predicted molar refractivity (Wildman–Crippen MR) is 94.9 cm³/mol. The summed E-state index contributed by atoms with van der Waals surface area (Å²) in [6.07, 6.45) is 13.1. The van der Waals surface area contributed by atoms with Gasteiger partial charge in [0.1, 0.15) is 5.60 Å². The van der Waals surface area contributed by atoms with Gasteiger partial charge in [-0.1, -0.05) is 26.3 Å². The normalized spacial score (nSPS) is 50.4. The van der Waals surface area contributed by atoms with Crippen LogP contribution in [0.2, 0.25) is 0 Å². The van der Waals surface area contributed by atoms with Crippen molar-refractivity contribution in [3.05, 3.63) is 23.8 Å². The van der Waals surface area contributed by atoms with E-state index in [9.17, 15) is 9.90 Å². The van der Waals surface area contributed by atoms with E-state index < -0.39 is 5.60 Å². The molecule has 7 atom stereocenters. The van der Waals surface area contributed by atoms with Crippen LogP contribution in [0, 0.1) is 47.3 Å². The monoisotopic (exact) mass is 324 g/mol. The predicted octanol–water partition coefficient (Wildman–Crippen LogP) is 3.90. The number of terminal acetylenes is 1. The Hall–Kier alpha value is -1.33. The minimum Gasteiger partial charge on any atom is -0.377 e. The lowest BCUT2D eigenvalue weighted by Crippen LogP contribution is -2.54. The first-order valence-corrected chi connectivity index (χ1v) is 9.46. The molecule has 4 rings (SSSR count). The number of ketones is 1. The summed E-state index contributed by atoms with van der Waals surface area (Å²) in [5.74, 6) is 5.47. The summed E-state index contributed by atoms with van der Waals surface area (Å²) < 4.78 is 0. The number of hydrogen-bond donors (Lipinski definition) is 1. The van der Waals surface area contributed by atoms with Gasteiger partial charge in [0, 0.05) is 11.8 Å². The van der Waals surface area contributed by atoms with Gasteiger partial charge in [-0.15, -0.1) is 6.42 Å². The van der Waals surface area contributed by atoms with Crippen LogP contribution in [0.1, 0.15) is 52.4 Å². The minimum absolute atomic E-state index is 0.177. The number of allylic oxidation sites excluding steroid dienone is 2. The maximum Gasteiger partial charge on any atom is 0.156 e. The molecule has 0 saturated heterocycles. The van der Waals surface area contributed by atoms with Crippen molar-refractivity contribution in [2.45, 2.75) is 58.0 Å². The molecule has 2 nitrogen and oxygen atoms in total. The molecule has 4 unspecified atom stereocenters. The van der Waals surface area contributed by atoms with Gasteiger partial charge in [-0.05, 0) is 78.9 Å². The average Bonchev–Trinajstić information content (AvgIpc) is 2.84. The van der Waals surface area contributed by atoms with Crippen LogP contribution in [0.3, 0.4) is 0 Å². The molecule has 128 valence electrons.